The number of ether oxygens (including phenoxy) is 2. The largest absolute Gasteiger partial charge is 0.492 e. The van der Waals surface area contributed by atoms with Crippen LogP contribution in [0.5, 0.6) is 11.5 Å². The van der Waals surface area contributed by atoms with Gasteiger partial charge in [-0.25, -0.2) is 18.0 Å². The first-order valence-electron chi connectivity index (χ1n) is 14.3. The van der Waals surface area contributed by atoms with Crippen molar-refractivity contribution < 1.29 is 32.5 Å². The Bertz CT molecular complexity index is 1390. The number of carbonyl (C=O) groups is 1. The molecule has 0 amide bonds. The first-order valence-corrected chi connectivity index (χ1v) is 14.3. The van der Waals surface area contributed by atoms with Gasteiger partial charge in [-0.05, 0) is 58.7 Å². The van der Waals surface area contributed by atoms with Crippen LogP contribution in [0.15, 0.2) is 60.7 Å². The third-order valence-electron chi connectivity index (χ3n) is 8.12. The average molecular weight is 656 g/mol. The third kappa shape index (κ3) is 8.81. The smallest absolute Gasteiger partial charge is 0.345 e. The van der Waals surface area contributed by atoms with Crippen LogP contribution in [0.2, 0.25) is 0 Å². The van der Waals surface area contributed by atoms with E-state index in [4.69, 9.17) is 9.47 Å². The van der Waals surface area contributed by atoms with E-state index in [9.17, 15) is 23.1 Å². The number of nitrogens with one attached hydrogen (secondary N) is 1. The molecule has 2 aliphatic rings. The Morgan fingerprint density at radius 1 is 0.932 bits per heavy atom. The zero-order chi connectivity index (χ0) is 30.0. The van der Waals surface area contributed by atoms with Crippen molar-refractivity contribution in [2.24, 2.45) is 11.8 Å². The number of hydrogen-bond donors (Lipinski definition) is 2. The molecular weight excluding hydrogens is 616 g/mol. The van der Waals surface area contributed by atoms with Crippen molar-refractivity contribution in [3.63, 3.8) is 0 Å². The number of rotatable bonds is 12. The quantitative estimate of drug-likeness (QED) is 0.174. The molecule has 1 aliphatic carbocycles. The van der Waals surface area contributed by atoms with Gasteiger partial charge in [-0.1, -0.05) is 45.0 Å². The number of aliphatic carboxylic acids is 1. The molecule has 1 aliphatic heterocycles. The highest BCUT2D eigenvalue weighted by atomic mass is 35.5. The highest BCUT2D eigenvalue weighted by molar-refractivity contribution is 5.85. The molecule has 0 spiro atoms. The molecule has 2 unspecified atom stereocenters. The van der Waals surface area contributed by atoms with Gasteiger partial charge in [0.25, 0.3) is 0 Å². The molecule has 6 nitrogen and oxygen atoms in total. The SMILES string of the molecule is CC(C)(C)c1ccc(O[C@H](Cc2ccc(OCCNC3C4CN(Cc5cc(F)c(F)cc5F)C[C@@H]43)cc2)C(=O)O)cc1.Cl.Cl. The van der Waals surface area contributed by atoms with Crippen LogP contribution in [0.25, 0.3) is 0 Å². The molecule has 1 saturated heterocycles. The molecule has 44 heavy (non-hydrogen) atoms. The second kappa shape index (κ2) is 14.9. The predicted molar refractivity (Wildman–Crippen MR) is 168 cm³/mol. The van der Waals surface area contributed by atoms with Crippen molar-refractivity contribution >= 4 is 30.8 Å². The number of carboxylic acids is 1. The van der Waals surface area contributed by atoms with E-state index >= 15 is 0 Å². The van der Waals surface area contributed by atoms with Gasteiger partial charge in [0.2, 0.25) is 0 Å². The minimum absolute atomic E-state index is 0. The lowest BCUT2D eigenvalue weighted by Gasteiger charge is -2.20. The van der Waals surface area contributed by atoms with E-state index in [0.29, 0.717) is 48.6 Å². The normalized spacial score (nSPS) is 19.7. The first-order chi connectivity index (χ1) is 20.0. The fourth-order valence-corrected chi connectivity index (χ4v) is 5.68. The van der Waals surface area contributed by atoms with E-state index in [2.05, 4.69) is 31.0 Å². The van der Waals surface area contributed by atoms with E-state index in [1.807, 2.05) is 48.5 Å². The number of hydrogen-bond acceptors (Lipinski definition) is 5. The summed E-state index contributed by atoms with van der Waals surface area (Å²) < 4.78 is 52.2. The molecule has 1 saturated carbocycles. The minimum atomic E-state index is -1.17. The molecule has 0 bridgehead atoms. The fourth-order valence-electron chi connectivity index (χ4n) is 5.68. The molecule has 5 rings (SSSR count). The number of benzene rings is 3. The van der Waals surface area contributed by atoms with Gasteiger partial charge in [0.15, 0.2) is 17.7 Å². The Labute approximate surface area is 268 Å². The van der Waals surface area contributed by atoms with Crippen molar-refractivity contribution in [2.45, 2.75) is 51.3 Å². The second-order valence-electron chi connectivity index (χ2n) is 12.3. The first kappa shape index (κ1) is 35.5. The Morgan fingerprint density at radius 3 is 2.11 bits per heavy atom. The highest BCUT2D eigenvalue weighted by Gasteiger charge is 2.55. The molecule has 0 aromatic heterocycles. The van der Waals surface area contributed by atoms with E-state index < -0.39 is 29.5 Å². The maximum Gasteiger partial charge on any atom is 0.345 e. The number of piperidine rings is 1. The fraction of sp³-hybridized carbons (Fsp3) is 0.424. The van der Waals surface area contributed by atoms with Crippen LogP contribution < -0.4 is 14.8 Å². The van der Waals surface area contributed by atoms with Gasteiger partial charge in [-0.3, -0.25) is 4.90 Å². The van der Waals surface area contributed by atoms with Crippen molar-refractivity contribution in [3.8, 4) is 11.5 Å². The lowest BCUT2D eigenvalue weighted by molar-refractivity contribution is -0.145. The summed E-state index contributed by atoms with van der Waals surface area (Å²) in [6, 6.07) is 16.8. The number of halogens is 5. The Morgan fingerprint density at radius 2 is 1.52 bits per heavy atom. The number of nitrogens with zero attached hydrogens (tertiary/aromatic N) is 1. The summed E-state index contributed by atoms with van der Waals surface area (Å²) in [4.78, 5) is 13.9. The molecule has 11 heteroatoms. The van der Waals surface area contributed by atoms with Crippen molar-refractivity contribution in [2.75, 3.05) is 26.2 Å². The Balaban J connectivity index is 0.00000264. The summed E-state index contributed by atoms with van der Waals surface area (Å²) in [5.74, 6) is -1.80. The van der Waals surface area contributed by atoms with E-state index in [0.717, 1.165) is 30.3 Å². The molecule has 1 heterocycles. The standard InChI is InChI=1S/C33H37F3N2O4.2ClH/c1-33(2,3)22-6-10-24(11-7-22)42-30(32(39)40)14-20-4-8-23(9-5-20)41-13-12-37-31-25-18-38(19-26(25)31)17-21-15-28(35)29(36)16-27(21)34;;/h4-11,15-16,25-26,30-31,37H,12-14,17-19H2,1-3H3,(H,39,40);2*1H/t25-,26?,30+,31?;;/m0../s1. The molecule has 3 aromatic carbocycles. The molecule has 0 radical (unpaired) electrons. The predicted octanol–water partition coefficient (Wildman–Crippen LogP) is 6.42. The van der Waals surface area contributed by atoms with Gasteiger partial charge in [0, 0.05) is 50.3 Å². The summed E-state index contributed by atoms with van der Waals surface area (Å²) in [5.41, 5.74) is 2.16. The molecular formula is C33H39Cl2F3N2O4. The summed E-state index contributed by atoms with van der Waals surface area (Å²) in [6.07, 6.45) is -0.783. The van der Waals surface area contributed by atoms with E-state index in [1.165, 1.54) is 0 Å². The average Bonchev–Trinajstić information content (AvgIpc) is 3.39. The molecule has 2 fully saturated rings. The molecule has 2 N–H and O–H groups in total. The van der Waals surface area contributed by atoms with Crippen LogP contribution in [0.3, 0.4) is 0 Å². The van der Waals surface area contributed by atoms with Crippen LogP contribution in [-0.4, -0.2) is 54.4 Å². The molecule has 3 aromatic rings. The lowest BCUT2D eigenvalue weighted by Crippen LogP contribution is -2.33. The van der Waals surface area contributed by atoms with Crippen LogP contribution in [0.4, 0.5) is 13.2 Å². The minimum Gasteiger partial charge on any atom is -0.492 e. The summed E-state index contributed by atoms with van der Waals surface area (Å²) >= 11 is 0. The highest BCUT2D eigenvalue weighted by Crippen LogP contribution is 2.45. The van der Waals surface area contributed by atoms with Gasteiger partial charge in [-0.2, -0.15) is 0 Å². The van der Waals surface area contributed by atoms with Crippen molar-refractivity contribution in [3.05, 3.63) is 94.8 Å². The Kier molecular flexibility index (Phi) is 12.0. The van der Waals surface area contributed by atoms with Crippen molar-refractivity contribution in [1.29, 1.82) is 0 Å². The summed E-state index contributed by atoms with van der Waals surface area (Å²) in [6.45, 7) is 9.34. The number of carboxylic acid groups (broad SMARTS) is 1. The number of likely N-dealkylation sites (tertiary alicyclic amines) is 1. The second-order valence-corrected chi connectivity index (χ2v) is 12.3. The third-order valence-corrected chi connectivity index (χ3v) is 8.12. The monoisotopic (exact) mass is 654 g/mol. The maximum atomic E-state index is 14.0. The van der Waals surface area contributed by atoms with E-state index in [1.54, 1.807) is 0 Å². The van der Waals surface area contributed by atoms with Crippen LogP contribution in [0.1, 0.15) is 37.5 Å². The van der Waals surface area contributed by atoms with Crippen LogP contribution in [-0.2, 0) is 23.2 Å². The molecule has 4 atom stereocenters. The zero-order valence-electron chi connectivity index (χ0n) is 24.9. The number of fused-ring (bicyclic) bond motifs is 1. The van der Waals surface area contributed by atoms with E-state index in [-0.39, 0.29) is 48.8 Å². The van der Waals surface area contributed by atoms with Crippen LogP contribution in [0, 0.1) is 29.3 Å². The van der Waals surface area contributed by atoms with Crippen LogP contribution >= 0.6 is 24.8 Å². The van der Waals surface area contributed by atoms with Crippen molar-refractivity contribution in [1.82, 2.24) is 10.2 Å². The lowest BCUT2D eigenvalue weighted by atomic mass is 9.87. The van der Waals surface area contributed by atoms with Gasteiger partial charge < -0.3 is 19.9 Å². The Hall–Kier alpha value is -2.98. The zero-order valence-corrected chi connectivity index (χ0v) is 26.5. The topological polar surface area (TPSA) is 71.0 Å². The maximum absolute atomic E-state index is 14.0. The summed E-state index contributed by atoms with van der Waals surface area (Å²) in [5, 5.41) is 13.2. The van der Waals surface area contributed by atoms with Gasteiger partial charge in [0.05, 0.1) is 0 Å². The van der Waals surface area contributed by atoms with Gasteiger partial charge in [0.1, 0.15) is 23.9 Å². The molecule has 240 valence electrons. The van der Waals surface area contributed by atoms with Gasteiger partial charge >= 0.3 is 5.97 Å². The summed E-state index contributed by atoms with van der Waals surface area (Å²) in [7, 11) is 0. The van der Waals surface area contributed by atoms with Gasteiger partial charge in [-0.15, -0.1) is 24.8 Å².